The average molecular weight is 255 g/mol. The Labute approximate surface area is 118 Å². The molecule has 3 rings (SSSR count). The van der Waals surface area contributed by atoms with Crippen molar-refractivity contribution in [3.63, 3.8) is 0 Å². The molecule has 1 aromatic carbocycles. The predicted octanol–water partition coefficient (Wildman–Crippen LogP) is 4.97. The van der Waals surface area contributed by atoms with Gasteiger partial charge in [-0.3, -0.25) is 0 Å². The normalized spacial score (nSPS) is 24.9. The third-order valence-corrected chi connectivity index (χ3v) is 4.80. The van der Waals surface area contributed by atoms with E-state index in [0.29, 0.717) is 5.54 Å². The van der Waals surface area contributed by atoms with E-state index in [1.165, 1.54) is 49.8 Å². The van der Waals surface area contributed by atoms with E-state index < -0.39 is 0 Å². The molecule has 0 aromatic heterocycles. The molecule has 1 spiro atoms. The van der Waals surface area contributed by atoms with Crippen LogP contribution >= 0.6 is 0 Å². The van der Waals surface area contributed by atoms with Crippen molar-refractivity contribution in [2.45, 2.75) is 64.8 Å². The van der Waals surface area contributed by atoms with Crippen molar-refractivity contribution in [3.8, 4) is 0 Å². The van der Waals surface area contributed by atoms with Gasteiger partial charge < -0.3 is 4.90 Å². The second kappa shape index (κ2) is 4.54. The van der Waals surface area contributed by atoms with E-state index in [2.05, 4.69) is 56.5 Å². The monoisotopic (exact) mass is 255 g/mol. The Balaban J connectivity index is 2.00. The molecule has 0 N–H and O–H groups in total. The molecule has 1 aliphatic heterocycles. The van der Waals surface area contributed by atoms with E-state index >= 15 is 0 Å². The molecule has 0 unspecified atom stereocenters. The lowest BCUT2D eigenvalue weighted by Gasteiger charge is -2.43. The van der Waals surface area contributed by atoms with Gasteiger partial charge in [-0.25, -0.2) is 0 Å². The zero-order chi connectivity index (χ0) is 13.5. The van der Waals surface area contributed by atoms with Crippen LogP contribution in [0.1, 0.15) is 57.9 Å². The van der Waals surface area contributed by atoms with Gasteiger partial charge in [0, 0.05) is 11.2 Å². The summed E-state index contributed by atoms with van der Waals surface area (Å²) in [6, 6.07) is 8.78. The second-order valence-corrected chi connectivity index (χ2v) is 7.08. The number of hydrogen-bond acceptors (Lipinski definition) is 1. The zero-order valence-corrected chi connectivity index (χ0v) is 12.5. The van der Waals surface area contributed by atoms with Crippen LogP contribution in [0.3, 0.4) is 0 Å². The Morgan fingerprint density at radius 2 is 1.74 bits per heavy atom. The highest BCUT2D eigenvalue weighted by atomic mass is 15.2. The third-order valence-electron chi connectivity index (χ3n) is 4.80. The maximum Gasteiger partial charge on any atom is 0.0980 e. The van der Waals surface area contributed by atoms with Gasteiger partial charge in [0.25, 0.3) is 0 Å². The first-order valence-electron chi connectivity index (χ1n) is 7.66. The number of rotatable bonds is 1. The van der Waals surface area contributed by atoms with E-state index in [0.717, 1.165) is 0 Å². The number of anilines is 1. The molecular formula is C18H25N. The lowest BCUT2D eigenvalue weighted by molar-refractivity contribution is 0.263. The van der Waals surface area contributed by atoms with Crippen molar-refractivity contribution in [1.29, 1.82) is 0 Å². The lowest BCUT2D eigenvalue weighted by atomic mass is 9.75. The SMILES string of the molecule is Cc1ccccc1N1[C]C(C)(C)CC12CCCCC2. The van der Waals surface area contributed by atoms with Gasteiger partial charge in [0.15, 0.2) is 0 Å². The van der Waals surface area contributed by atoms with Gasteiger partial charge in [-0.2, -0.15) is 0 Å². The van der Waals surface area contributed by atoms with Crippen molar-refractivity contribution >= 4 is 5.69 Å². The van der Waals surface area contributed by atoms with Crippen LogP contribution in [0.4, 0.5) is 5.69 Å². The molecule has 1 heteroatoms. The summed E-state index contributed by atoms with van der Waals surface area (Å²) in [5.74, 6) is 0. The van der Waals surface area contributed by atoms with Gasteiger partial charge in [-0.15, -0.1) is 0 Å². The topological polar surface area (TPSA) is 3.24 Å². The first-order valence-corrected chi connectivity index (χ1v) is 7.66. The third kappa shape index (κ3) is 2.28. The molecule has 2 radical (unpaired) electrons. The zero-order valence-electron chi connectivity index (χ0n) is 12.5. The number of benzene rings is 1. The van der Waals surface area contributed by atoms with Crippen LogP contribution in [-0.2, 0) is 0 Å². The molecule has 1 aromatic rings. The molecule has 1 heterocycles. The summed E-state index contributed by atoms with van der Waals surface area (Å²) in [6.45, 7) is 10.7. The number of para-hydroxylation sites is 1. The van der Waals surface area contributed by atoms with Crippen LogP contribution < -0.4 is 4.90 Å². The Morgan fingerprint density at radius 1 is 1.05 bits per heavy atom. The van der Waals surface area contributed by atoms with Gasteiger partial charge in [0.05, 0.1) is 6.54 Å². The van der Waals surface area contributed by atoms with Gasteiger partial charge in [-0.05, 0) is 43.2 Å². The van der Waals surface area contributed by atoms with Crippen LogP contribution in [-0.4, -0.2) is 5.54 Å². The Kier molecular flexibility index (Phi) is 3.11. The fourth-order valence-corrected chi connectivity index (χ4v) is 4.10. The quantitative estimate of drug-likeness (QED) is 0.684. The summed E-state index contributed by atoms with van der Waals surface area (Å²) in [5, 5.41) is 0. The second-order valence-electron chi connectivity index (χ2n) is 7.08. The van der Waals surface area contributed by atoms with Crippen LogP contribution in [0.25, 0.3) is 0 Å². The van der Waals surface area contributed by atoms with E-state index in [9.17, 15) is 0 Å². The molecule has 102 valence electrons. The number of aryl methyl sites for hydroxylation is 1. The van der Waals surface area contributed by atoms with Gasteiger partial charge in [0.1, 0.15) is 0 Å². The molecule has 0 bridgehead atoms. The standard InChI is InChI=1S/C18H25N/c1-15-9-5-6-10-16(15)19-14-17(2,3)13-18(19)11-7-4-8-12-18/h5-6,9-10H,4,7-8,11-13H2,1-3H3. The first kappa shape index (κ1) is 13.0. The van der Waals surface area contributed by atoms with Gasteiger partial charge >= 0.3 is 0 Å². The molecule has 2 fully saturated rings. The van der Waals surface area contributed by atoms with Crippen LogP contribution in [0.2, 0.25) is 0 Å². The fraction of sp³-hybridized carbons (Fsp3) is 0.611. The van der Waals surface area contributed by atoms with E-state index in [-0.39, 0.29) is 5.41 Å². The number of hydrogen-bond donors (Lipinski definition) is 0. The molecule has 1 nitrogen and oxygen atoms in total. The van der Waals surface area contributed by atoms with E-state index in [4.69, 9.17) is 0 Å². The fourth-order valence-electron chi connectivity index (χ4n) is 4.10. The van der Waals surface area contributed by atoms with Crippen molar-refractivity contribution in [1.82, 2.24) is 0 Å². The largest absolute Gasteiger partial charge is 0.354 e. The molecule has 0 amide bonds. The predicted molar refractivity (Wildman–Crippen MR) is 81.1 cm³/mol. The molecule has 1 aliphatic carbocycles. The lowest BCUT2D eigenvalue weighted by Crippen LogP contribution is -2.44. The minimum absolute atomic E-state index is 0.208. The van der Waals surface area contributed by atoms with Crippen molar-refractivity contribution in [3.05, 3.63) is 36.4 Å². The maximum absolute atomic E-state index is 3.78. The summed E-state index contributed by atoms with van der Waals surface area (Å²) >= 11 is 0. The molecule has 1 saturated carbocycles. The van der Waals surface area contributed by atoms with E-state index in [1.54, 1.807) is 0 Å². The molecule has 0 atom stereocenters. The minimum Gasteiger partial charge on any atom is -0.354 e. The highest BCUT2D eigenvalue weighted by molar-refractivity contribution is 5.59. The Morgan fingerprint density at radius 3 is 2.42 bits per heavy atom. The van der Waals surface area contributed by atoms with Crippen LogP contribution in [0.15, 0.2) is 24.3 Å². The highest BCUT2D eigenvalue weighted by Crippen LogP contribution is 2.53. The summed E-state index contributed by atoms with van der Waals surface area (Å²) in [7, 11) is 0. The highest BCUT2D eigenvalue weighted by Gasteiger charge is 2.50. The summed E-state index contributed by atoms with van der Waals surface area (Å²) in [5.41, 5.74) is 3.29. The maximum atomic E-state index is 3.78. The van der Waals surface area contributed by atoms with Gasteiger partial charge in [0.2, 0.25) is 0 Å². The van der Waals surface area contributed by atoms with Gasteiger partial charge in [-0.1, -0.05) is 51.3 Å². The van der Waals surface area contributed by atoms with Crippen molar-refractivity contribution < 1.29 is 0 Å². The van der Waals surface area contributed by atoms with Crippen LogP contribution in [0.5, 0.6) is 0 Å². The summed E-state index contributed by atoms with van der Waals surface area (Å²) in [4.78, 5) is 2.52. The summed E-state index contributed by atoms with van der Waals surface area (Å²) < 4.78 is 0. The van der Waals surface area contributed by atoms with Crippen molar-refractivity contribution in [2.75, 3.05) is 4.90 Å². The number of nitrogens with zero attached hydrogens (tertiary/aromatic N) is 1. The smallest absolute Gasteiger partial charge is 0.0980 e. The minimum atomic E-state index is 0.208. The summed E-state index contributed by atoms with van der Waals surface area (Å²) in [6.07, 6.45) is 8.08. The molecule has 2 aliphatic rings. The Hall–Kier alpha value is -0.980. The Bertz CT molecular complexity index is 455. The molecular weight excluding hydrogens is 230 g/mol. The van der Waals surface area contributed by atoms with Crippen molar-refractivity contribution in [2.24, 2.45) is 5.41 Å². The molecule has 1 saturated heterocycles. The van der Waals surface area contributed by atoms with Crippen LogP contribution in [0, 0.1) is 18.9 Å². The van der Waals surface area contributed by atoms with E-state index in [1.807, 2.05) is 0 Å². The molecule has 19 heavy (non-hydrogen) atoms. The first-order chi connectivity index (χ1) is 9.03. The average Bonchev–Trinajstić information content (AvgIpc) is 2.62.